The van der Waals surface area contributed by atoms with Gasteiger partial charge in [0.15, 0.2) is 0 Å². The molecule has 0 spiro atoms. The normalized spacial score (nSPS) is 11.5. The van der Waals surface area contributed by atoms with Crippen LogP contribution in [0, 0.1) is 0 Å². The Morgan fingerprint density at radius 2 is 2.14 bits per heavy atom. The molecular formula is C8H10BF2NO2. The number of nitrogens with zero attached hydrogens (tertiary/aromatic N) is 1. The third-order valence-corrected chi connectivity index (χ3v) is 1.90. The molecule has 1 aromatic rings. The summed E-state index contributed by atoms with van der Waals surface area (Å²) in [5.41, 5.74) is -0.422. The van der Waals surface area contributed by atoms with Gasteiger partial charge in [-0.05, 0) is 17.6 Å². The highest BCUT2D eigenvalue weighted by atomic mass is 19.3. The van der Waals surface area contributed by atoms with Crippen LogP contribution in [0.25, 0.3) is 0 Å². The molecule has 6 heteroatoms. The van der Waals surface area contributed by atoms with Crippen LogP contribution < -0.4 is 5.46 Å². The molecule has 2 N–H and O–H groups in total. The third-order valence-electron chi connectivity index (χ3n) is 1.90. The molecule has 1 aromatic heterocycles. The van der Waals surface area contributed by atoms with Crippen molar-refractivity contribution in [1.29, 1.82) is 0 Å². The molecule has 0 saturated heterocycles. The van der Waals surface area contributed by atoms with Crippen molar-refractivity contribution in [3.8, 4) is 0 Å². The Bertz CT molecular complexity index is 320. The lowest BCUT2D eigenvalue weighted by Gasteiger charge is -2.13. The monoisotopic (exact) mass is 201 g/mol. The second kappa shape index (κ2) is 4.02. The zero-order valence-corrected chi connectivity index (χ0v) is 7.61. The Hall–Kier alpha value is -1.01. The molecule has 0 fully saturated rings. The molecular weight excluding hydrogens is 191 g/mol. The molecule has 0 amide bonds. The van der Waals surface area contributed by atoms with Crippen LogP contribution in [0.4, 0.5) is 8.78 Å². The van der Waals surface area contributed by atoms with E-state index in [1.165, 1.54) is 13.0 Å². The fraction of sp³-hybridized carbons (Fsp3) is 0.375. The summed E-state index contributed by atoms with van der Waals surface area (Å²) in [6, 6.07) is 2.27. The molecule has 3 nitrogen and oxygen atoms in total. The van der Waals surface area contributed by atoms with Gasteiger partial charge in [0, 0.05) is 12.6 Å². The fourth-order valence-electron chi connectivity index (χ4n) is 0.989. The first-order chi connectivity index (χ1) is 6.47. The topological polar surface area (TPSA) is 53.4 Å². The highest BCUT2D eigenvalue weighted by molar-refractivity contribution is 6.58. The maximum Gasteiger partial charge on any atom is 0.488 e. The van der Waals surface area contributed by atoms with Crippen LogP contribution >= 0.6 is 0 Å². The van der Waals surface area contributed by atoms with Crippen molar-refractivity contribution in [3.05, 3.63) is 24.0 Å². The van der Waals surface area contributed by atoms with E-state index < -0.39 is 18.7 Å². The van der Waals surface area contributed by atoms with E-state index in [9.17, 15) is 8.78 Å². The lowest BCUT2D eigenvalue weighted by Crippen LogP contribution is -2.31. The smallest absolute Gasteiger partial charge is 0.423 e. The zero-order valence-electron chi connectivity index (χ0n) is 7.61. The largest absolute Gasteiger partial charge is 0.488 e. The number of pyridine rings is 1. The van der Waals surface area contributed by atoms with Crippen LogP contribution in [0.5, 0.6) is 0 Å². The van der Waals surface area contributed by atoms with Gasteiger partial charge in [-0.15, -0.1) is 0 Å². The molecule has 0 aliphatic rings. The average molecular weight is 201 g/mol. The maximum absolute atomic E-state index is 13.1. The molecule has 0 saturated carbocycles. The predicted octanol–water partition coefficient (Wildman–Crippen LogP) is 0.263. The molecule has 1 heterocycles. The number of halogens is 2. The third kappa shape index (κ3) is 2.27. The van der Waals surface area contributed by atoms with E-state index in [1.54, 1.807) is 0 Å². The van der Waals surface area contributed by atoms with Crippen molar-refractivity contribution in [3.63, 3.8) is 0 Å². The number of hydrogen-bond acceptors (Lipinski definition) is 3. The number of alkyl halides is 2. The Morgan fingerprint density at radius 3 is 2.64 bits per heavy atom. The molecule has 0 radical (unpaired) electrons. The lowest BCUT2D eigenvalue weighted by atomic mass is 9.80. The maximum atomic E-state index is 13.1. The second-order valence-electron chi connectivity index (χ2n) is 2.91. The highest BCUT2D eigenvalue weighted by Gasteiger charge is 2.31. The minimum Gasteiger partial charge on any atom is -0.423 e. The number of aromatic nitrogens is 1. The van der Waals surface area contributed by atoms with Gasteiger partial charge in [-0.25, -0.2) is 0 Å². The summed E-state index contributed by atoms with van der Waals surface area (Å²) in [5, 5.41) is 17.5. The fourth-order valence-corrected chi connectivity index (χ4v) is 0.989. The van der Waals surface area contributed by atoms with E-state index in [2.05, 4.69) is 4.98 Å². The molecule has 0 aliphatic carbocycles. The summed E-state index contributed by atoms with van der Waals surface area (Å²) in [7, 11) is -1.75. The van der Waals surface area contributed by atoms with Crippen molar-refractivity contribution in [2.24, 2.45) is 0 Å². The first-order valence-corrected chi connectivity index (χ1v) is 4.17. The van der Waals surface area contributed by atoms with Gasteiger partial charge in [0.1, 0.15) is 5.69 Å². The molecule has 0 atom stereocenters. The van der Waals surface area contributed by atoms with Crippen LogP contribution in [-0.4, -0.2) is 22.2 Å². The van der Waals surface area contributed by atoms with E-state index in [4.69, 9.17) is 10.0 Å². The van der Waals surface area contributed by atoms with Gasteiger partial charge >= 0.3 is 7.12 Å². The van der Waals surface area contributed by atoms with Crippen LogP contribution in [0.1, 0.15) is 19.0 Å². The summed E-state index contributed by atoms with van der Waals surface area (Å²) in [6.07, 6.45) is 0.763. The summed E-state index contributed by atoms with van der Waals surface area (Å²) in [6.45, 7) is 1.34. The quantitative estimate of drug-likeness (QED) is 0.689. The molecule has 76 valence electrons. The Labute approximate surface area is 80.6 Å². The SMILES string of the molecule is CCC(F)(F)c1cc(B(O)O)ccn1. The lowest BCUT2D eigenvalue weighted by molar-refractivity contribution is -0.0127. The minimum absolute atomic E-state index is 0.0168. The van der Waals surface area contributed by atoms with E-state index in [1.807, 2.05) is 0 Å². The van der Waals surface area contributed by atoms with Gasteiger partial charge in [-0.1, -0.05) is 6.92 Å². The Balaban J connectivity index is 3.05. The summed E-state index contributed by atoms with van der Waals surface area (Å²) >= 11 is 0. The van der Waals surface area contributed by atoms with Crippen LogP contribution in [-0.2, 0) is 5.92 Å². The summed E-state index contributed by atoms with van der Waals surface area (Å²) in [5.74, 6) is -3.02. The molecule has 0 aliphatic heterocycles. The van der Waals surface area contributed by atoms with Gasteiger partial charge < -0.3 is 10.0 Å². The van der Waals surface area contributed by atoms with Crippen LogP contribution in [0.2, 0.25) is 0 Å². The Morgan fingerprint density at radius 1 is 1.50 bits per heavy atom. The van der Waals surface area contributed by atoms with Gasteiger partial charge in [0.25, 0.3) is 5.92 Å². The van der Waals surface area contributed by atoms with Gasteiger partial charge in [0.05, 0.1) is 0 Å². The standard InChI is InChI=1S/C8H10BF2NO2/c1-2-8(10,11)7-5-6(9(13)14)3-4-12-7/h3-5,13-14H,2H2,1H3. The summed E-state index contributed by atoms with van der Waals surface area (Å²) in [4.78, 5) is 3.49. The molecule has 14 heavy (non-hydrogen) atoms. The van der Waals surface area contributed by atoms with E-state index in [0.717, 1.165) is 12.3 Å². The number of hydrogen-bond donors (Lipinski definition) is 2. The van der Waals surface area contributed by atoms with Gasteiger partial charge in [-0.2, -0.15) is 8.78 Å². The van der Waals surface area contributed by atoms with Crippen molar-refractivity contribution in [1.82, 2.24) is 4.98 Å². The van der Waals surface area contributed by atoms with Gasteiger partial charge in [-0.3, -0.25) is 4.98 Å². The van der Waals surface area contributed by atoms with Crippen molar-refractivity contribution >= 4 is 12.6 Å². The van der Waals surface area contributed by atoms with Crippen LogP contribution in [0.3, 0.4) is 0 Å². The zero-order chi connectivity index (χ0) is 10.8. The molecule has 0 unspecified atom stereocenters. The molecule has 0 aromatic carbocycles. The Kier molecular flexibility index (Phi) is 3.18. The number of rotatable bonds is 3. The van der Waals surface area contributed by atoms with Crippen molar-refractivity contribution < 1.29 is 18.8 Å². The minimum atomic E-state index is -3.02. The van der Waals surface area contributed by atoms with E-state index in [-0.39, 0.29) is 11.9 Å². The first-order valence-electron chi connectivity index (χ1n) is 4.17. The molecule has 0 bridgehead atoms. The predicted molar refractivity (Wildman–Crippen MR) is 48.2 cm³/mol. The van der Waals surface area contributed by atoms with E-state index >= 15 is 0 Å². The second-order valence-corrected chi connectivity index (χ2v) is 2.91. The van der Waals surface area contributed by atoms with E-state index in [0.29, 0.717) is 0 Å². The highest BCUT2D eigenvalue weighted by Crippen LogP contribution is 2.28. The van der Waals surface area contributed by atoms with Crippen molar-refractivity contribution in [2.45, 2.75) is 19.3 Å². The average Bonchev–Trinajstić information content (AvgIpc) is 2.18. The molecule has 1 rings (SSSR count). The van der Waals surface area contributed by atoms with Gasteiger partial charge in [0.2, 0.25) is 0 Å². The summed E-state index contributed by atoms with van der Waals surface area (Å²) < 4.78 is 26.2. The van der Waals surface area contributed by atoms with Crippen molar-refractivity contribution in [2.75, 3.05) is 0 Å². The van der Waals surface area contributed by atoms with Crippen LogP contribution in [0.15, 0.2) is 18.3 Å². The first kappa shape index (κ1) is 11.1.